The second kappa shape index (κ2) is 9.01. The molecule has 3 N–H and O–H groups in total. The minimum Gasteiger partial charge on any atom is -0.390 e. The van der Waals surface area contributed by atoms with E-state index in [1.165, 1.54) is 24.6 Å². The molecule has 1 aromatic carbocycles. The fraction of sp³-hybridized carbons (Fsp3) is 0.500. The number of aliphatic hydroxyl groups is 1. The Morgan fingerprint density at radius 1 is 1.19 bits per heavy atom. The number of aliphatic hydroxyl groups excluding tert-OH is 1. The SMILES string of the molecule is CC(=O)NC(Cc1cc(F)cc(F)c1)C(O)CNC1(c2cc(C(C)(C)C)ccn2)CC1. The number of aromatic nitrogens is 1. The van der Waals surface area contributed by atoms with E-state index in [9.17, 15) is 18.7 Å². The van der Waals surface area contributed by atoms with Crippen LogP contribution in [0.2, 0.25) is 0 Å². The monoisotopic (exact) mass is 431 g/mol. The molecule has 0 spiro atoms. The van der Waals surface area contributed by atoms with Crippen LogP contribution in [-0.4, -0.2) is 34.7 Å². The lowest BCUT2D eigenvalue weighted by molar-refractivity contribution is -0.120. The van der Waals surface area contributed by atoms with Gasteiger partial charge in [-0.3, -0.25) is 9.78 Å². The van der Waals surface area contributed by atoms with Crippen LogP contribution in [0.25, 0.3) is 0 Å². The van der Waals surface area contributed by atoms with Gasteiger partial charge >= 0.3 is 0 Å². The third-order valence-electron chi connectivity index (χ3n) is 5.75. The first-order valence-electron chi connectivity index (χ1n) is 10.6. The van der Waals surface area contributed by atoms with E-state index >= 15 is 0 Å². The van der Waals surface area contributed by atoms with Gasteiger partial charge < -0.3 is 15.7 Å². The minimum atomic E-state index is -0.946. The van der Waals surface area contributed by atoms with Gasteiger partial charge in [0.2, 0.25) is 5.91 Å². The summed E-state index contributed by atoms with van der Waals surface area (Å²) in [7, 11) is 0. The van der Waals surface area contributed by atoms with Gasteiger partial charge in [0.1, 0.15) is 11.6 Å². The van der Waals surface area contributed by atoms with Crippen LogP contribution in [0.15, 0.2) is 36.5 Å². The van der Waals surface area contributed by atoms with Crippen LogP contribution in [-0.2, 0) is 22.2 Å². The summed E-state index contributed by atoms with van der Waals surface area (Å²) < 4.78 is 27.1. The van der Waals surface area contributed by atoms with Crippen molar-refractivity contribution in [3.63, 3.8) is 0 Å². The molecule has 31 heavy (non-hydrogen) atoms. The summed E-state index contributed by atoms with van der Waals surface area (Å²) in [5.41, 5.74) is 2.21. The van der Waals surface area contributed by atoms with E-state index in [0.29, 0.717) is 5.56 Å². The lowest BCUT2D eigenvalue weighted by Crippen LogP contribution is -2.49. The molecular formula is C24H31F2N3O2. The number of rotatable bonds is 8. The maximum Gasteiger partial charge on any atom is 0.217 e. The minimum absolute atomic E-state index is 0.00399. The van der Waals surface area contributed by atoms with Gasteiger partial charge in [0.15, 0.2) is 0 Å². The summed E-state index contributed by atoms with van der Waals surface area (Å²) in [6.45, 7) is 8.01. The molecular weight excluding hydrogens is 400 g/mol. The molecule has 0 radical (unpaired) electrons. The Hall–Kier alpha value is -2.38. The zero-order valence-corrected chi connectivity index (χ0v) is 18.5. The van der Waals surface area contributed by atoms with Crippen LogP contribution in [0.1, 0.15) is 57.4 Å². The van der Waals surface area contributed by atoms with E-state index in [-0.39, 0.29) is 29.8 Å². The van der Waals surface area contributed by atoms with Gasteiger partial charge in [0, 0.05) is 25.7 Å². The number of benzene rings is 1. The molecule has 0 saturated heterocycles. The second-order valence-electron chi connectivity index (χ2n) is 9.50. The van der Waals surface area contributed by atoms with Crippen molar-refractivity contribution in [1.29, 1.82) is 0 Å². The summed E-state index contributed by atoms with van der Waals surface area (Å²) in [6, 6.07) is 6.65. The highest BCUT2D eigenvalue weighted by molar-refractivity contribution is 5.73. The maximum atomic E-state index is 13.5. The molecule has 1 aromatic heterocycles. The smallest absolute Gasteiger partial charge is 0.217 e. The van der Waals surface area contributed by atoms with Gasteiger partial charge in [-0.15, -0.1) is 0 Å². The van der Waals surface area contributed by atoms with Crippen LogP contribution in [0.3, 0.4) is 0 Å². The molecule has 1 aliphatic carbocycles. The molecule has 0 bridgehead atoms. The fourth-order valence-electron chi connectivity index (χ4n) is 3.78. The highest BCUT2D eigenvalue weighted by Crippen LogP contribution is 2.45. The van der Waals surface area contributed by atoms with Crippen LogP contribution in [0, 0.1) is 11.6 Å². The lowest BCUT2D eigenvalue weighted by Gasteiger charge is -2.27. The van der Waals surface area contributed by atoms with Gasteiger partial charge in [-0.25, -0.2) is 8.78 Å². The highest BCUT2D eigenvalue weighted by atomic mass is 19.1. The molecule has 7 heteroatoms. The predicted octanol–water partition coefficient (Wildman–Crippen LogP) is 3.34. The topological polar surface area (TPSA) is 74.2 Å². The summed E-state index contributed by atoms with van der Waals surface area (Å²) in [5, 5.41) is 16.9. The number of pyridine rings is 1. The van der Waals surface area contributed by atoms with Gasteiger partial charge in [-0.05, 0) is 60.1 Å². The molecule has 0 aliphatic heterocycles. The summed E-state index contributed by atoms with van der Waals surface area (Å²) in [5.74, 6) is -1.70. The second-order valence-corrected chi connectivity index (χ2v) is 9.50. The van der Waals surface area contributed by atoms with Gasteiger partial charge in [-0.2, -0.15) is 0 Å². The van der Waals surface area contributed by atoms with Crippen molar-refractivity contribution < 1.29 is 18.7 Å². The third kappa shape index (κ3) is 6.08. The van der Waals surface area contributed by atoms with Gasteiger partial charge in [0.05, 0.1) is 23.4 Å². The number of hydrogen-bond donors (Lipinski definition) is 3. The Kier molecular flexibility index (Phi) is 6.76. The molecule has 5 nitrogen and oxygen atoms in total. The fourth-order valence-corrected chi connectivity index (χ4v) is 3.78. The first kappa shape index (κ1) is 23.3. The molecule has 2 aromatic rings. The largest absolute Gasteiger partial charge is 0.390 e. The molecule has 168 valence electrons. The maximum absolute atomic E-state index is 13.5. The lowest BCUT2D eigenvalue weighted by atomic mass is 9.86. The Morgan fingerprint density at radius 2 is 1.84 bits per heavy atom. The molecule has 1 fully saturated rings. The molecule has 1 aliphatic rings. The standard InChI is InChI=1S/C24H31F2N3O2/c1-15(30)29-20(11-16-9-18(25)13-19(26)10-16)21(31)14-28-24(6-7-24)22-12-17(5-8-27-22)23(2,3)4/h5,8-10,12-13,20-21,28,31H,6-7,11,14H2,1-4H3,(H,29,30). The summed E-state index contributed by atoms with van der Waals surface area (Å²) in [6.07, 6.45) is 2.79. The van der Waals surface area contributed by atoms with Crippen molar-refractivity contribution in [2.24, 2.45) is 0 Å². The summed E-state index contributed by atoms with van der Waals surface area (Å²) >= 11 is 0. The number of carbonyl (C=O) groups is 1. The van der Waals surface area contributed by atoms with Crippen molar-refractivity contribution in [2.75, 3.05) is 6.54 Å². The van der Waals surface area contributed by atoms with E-state index < -0.39 is 23.8 Å². The van der Waals surface area contributed by atoms with E-state index in [1.54, 1.807) is 0 Å². The molecule has 1 heterocycles. The molecule has 2 unspecified atom stereocenters. The first-order chi connectivity index (χ1) is 14.5. The van der Waals surface area contributed by atoms with E-state index in [2.05, 4.69) is 42.5 Å². The molecule has 1 saturated carbocycles. The zero-order chi connectivity index (χ0) is 22.8. The van der Waals surface area contributed by atoms with Gasteiger partial charge in [0.25, 0.3) is 0 Å². The first-order valence-corrected chi connectivity index (χ1v) is 10.6. The molecule has 2 atom stereocenters. The van der Waals surface area contributed by atoms with Crippen LogP contribution in [0.5, 0.6) is 0 Å². The van der Waals surface area contributed by atoms with E-state index in [0.717, 1.165) is 24.6 Å². The molecule has 1 amide bonds. The average molecular weight is 432 g/mol. The third-order valence-corrected chi connectivity index (χ3v) is 5.75. The number of nitrogens with zero attached hydrogens (tertiary/aromatic N) is 1. The number of amides is 1. The van der Waals surface area contributed by atoms with Crippen molar-refractivity contribution in [3.8, 4) is 0 Å². The summed E-state index contributed by atoms with van der Waals surface area (Å²) in [4.78, 5) is 16.2. The normalized spacial score (nSPS) is 17.1. The Bertz CT molecular complexity index is 918. The number of nitrogens with one attached hydrogen (secondary N) is 2. The van der Waals surface area contributed by atoms with Crippen LogP contribution < -0.4 is 10.6 Å². The Morgan fingerprint density at radius 3 is 2.39 bits per heavy atom. The Labute approximate surface area is 182 Å². The predicted molar refractivity (Wildman–Crippen MR) is 116 cm³/mol. The van der Waals surface area contributed by atoms with Crippen LogP contribution >= 0.6 is 0 Å². The number of hydrogen-bond acceptors (Lipinski definition) is 4. The average Bonchev–Trinajstić information content (AvgIpc) is 3.45. The van der Waals surface area contributed by atoms with Crippen molar-refractivity contribution >= 4 is 5.91 Å². The highest BCUT2D eigenvalue weighted by Gasteiger charge is 2.46. The van der Waals surface area contributed by atoms with Crippen molar-refractivity contribution in [2.45, 2.75) is 70.1 Å². The zero-order valence-electron chi connectivity index (χ0n) is 18.5. The van der Waals surface area contributed by atoms with E-state index in [4.69, 9.17) is 0 Å². The number of carbonyl (C=O) groups excluding carboxylic acids is 1. The quantitative estimate of drug-likeness (QED) is 0.599. The van der Waals surface area contributed by atoms with Crippen molar-refractivity contribution in [3.05, 3.63) is 65.0 Å². The molecule has 3 rings (SSSR count). The van der Waals surface area contributed by atoms with E-state index in [1.807, 2.05) is 12.3 Å². The Balaban J connectivity index is 1.70. The van der Waals surface area contributed by atoms with Crippen LogP contribution in [0.4, 0.5) is 8.78 Å². The van der Waals surface area contributed by atoms with Gasteiger partial charge in [-0.1, -0.05) is 20.8 Å². The number of halogens is 2. The van der Waals surface area contributed by atoms with Crippen molar-refractivity contribution in [1.82, 2.24) is 15.6 Å².